The molecule has 2 nitrogen and oxygen atoms in total. The van der Waals surface area contributed by atoms with Gasteiger partial charge < -0.3 is 9.13 Å². The van der Waals surface area contributed by atoms with Crippen molar-refractivity contribution in [1.29, 1.82) is 0 Å². The second-order valence-corrected chi connectivity index (χ2v) is 19.3. The first kappa shape index (κ1) is 43.1. The second kappa shape index (κ2) is 18.1. The van der Waals surface area contributed by atoms with Gasteiger partial charge in [-0.25, -0.2) is 0 Å². The summed E-state index contributed by atoms with van der Waals surface area (Å²) in [6, 6.07) is 106. The first-order valence-corrected chi connectivity index (χ1v) is 25.5. The molecule has 0 aliphatic heterocycles. The number of nitrogens with zero attached hydrogens (tertiary/aromatic N) is 2. The fourth-order valence-electron chi connectivity index (χ4n) is 11.4. The van der Waals surface area contributed by atoms with Crippen LogP contribution in [0.15, 0.2) is 291 Å². The molecule has 0 aliphatic rings. The van der Waals surface area contributed by atoms with Gasteiger partial charge in [-0.2, -0.15) is 0 Å². The van der Waals surface area contributed by atoms with E-state index in [1.54, 1.807) is 0 Å². The predicted molar refractivity (Wildman–Crippen MR) is 313 cm³/mol. The number of hydrogen-bond acceptors (Lipinski definition) is 0. The summed E-state index contributed by atoms with van der Waals surface area (Å²) in [7, 11) is 0. The molecule has 2 heterocycles. The summed E-state index contributed by atoms with van der Waals surface area (Å²) in [5.74, 6) is 0. The average Bonchev–Trinajstić information content (AvgIpc) is 4.02. The average molecular weight is 941 g/mol. The molecule has 2 heteroatoms. The molecule has 2 aromatic heterocycles. The predicted octanol–water partition coefficient (Wildman–Crippen LogP) is 19.5. The summed E-state index contributed by atoms with van der Waals surface area (Å²) in [6.45, 7) is 0. The molecule has 0 saturated carbocycles. The van der Waals surface area contributed by atoms with Crippen LogP contribution in [0.2, 0.25) is 0 Å². The third-order valence-corrected chi connectivity index (χ3v) is 14.9. The Balaban J connectivity index is 0.889. The van der Waals surface area contributed by atoms with E-state index in [4.69, 9.17) is 0 Å². The maximum absolute atomic E-state index is 2.44. The van der Waals surface area contributed by atoms with Gasteiger partial charge in [0.1, 0.15) is 0 Å². The number of benzene rings is 12. The lowest BCUT2D eigenvalue weighted by Gasteiger charge is -2.11. The van der Waals surface area contributed by atoms with Crippen molar-refractivity contribution in [3.8, 4) is 89.3 Å². The van der Waals surface area contributed by atoms with Crippen LogP contribution in [0.1, 0.15) is 0 Å². The van der Waals surface area contributed by atoms with Crippen molar-refractivity contribution in [3.05, 3.63) is 291 Å². The molecule has 0 N–H and O–H groups in total. The number of rotatable bonds is 9. The Kier molecular flexibility index (Phi) is 10.6. The van der Waals surface area contributed by atoms with Crippen LogP contribution in [0, 0.1) is 0 Å². The van der Waals surface area contributed by atoms with E-state index >= 15 is 0 Å². The Hall–Kier alpha value is -9.76. The molecule has 0 unspecified atom stereocenters. The fraction of sp³-hybridized carbons (Fsp3) is 0. The molecule has 12 aromatic carbocycles. The van der Waals surface area contributed by atoms with E-state index in [0.29, 0.717) is 0 Å². The van der Waals surface area contributed by atoms with Crippen molar-refractivity contribution in [2.75, 3.05) is 0 Å². The minimum absolute atomic E-state index is 1.13. The zero-order valence-electron chi connectivity index (χ0n) is 40.6. The van der Waals surface area contributed by atoms with Crippen LogP contribution in [-0.4, -0.2) is 9.13 Å². The van der Waals surface area contributed by atoms with Gasteiger partial charge in [-0.05, 0) is 151 Å². The van der Waals surface area contributed by atoms with Crippen LogP contribution in [0.5, 0.6) is 0 Å². The van der Waals surface area contributed by atoms with Crippen LogP contribution in [0.3, 0.4) is 0 Å². The molecule has 0 atom stereocenters. The number of para-hydroxylation sites is 1. The van der Waals surface area contributed by atoms with Gasteiger partial charge in [0.15, 0.2) is 0 Å². The summed E-state index contributed by atoms with van der Waals surface area (Å²) in [4.78, 5) is 0. The number of aromatic nitrogens is 2. The topological polar surface area (TPSA) is 9.86 Å². The molecule has 14 aromatic rings. The molecule has 0 radical (unpaired) electrons. The second-order valence-electron chi connectivity index (χ2n) is 19.3. The van der Waals surface area contributed by atoms with Crippen LogP contribution >= 0.6 is 0 Å². The first-order valence-electron chi connectivity index (χ1n) is 25.5. The van der Waals surface area contributed by atoms with E-state index in [-0.39, 0.29) is 0 Å². The zero-order valence-corrected chi connectivity index (χ0v) is 40.6. The lowest BCUT2D eigenvalue weighted by molar-refractivity contribution is 1.18. The summed E-state index contributed by atoms with van der Waals surface area (Å²) >= 11 is 0. The lowest BCUT2D eigenvalue weighted by atomic mass is 9.94. The molecular formula is C72H48N2. The van der Waals surface area contributed by atoms with Crippen molar-refractivity contribution in [1.82, 2.24) is 9.13 Å². The largest absolute Gasteiger partial charge is 0.309 e. The Morgan fingerprint density at radius 3 is 0.919 bits per heavy atom. The molecule has 0 fully saturated rings. The van der Waals surface area contributed by atoms with Crippen molar-refractivity contribution >= 4 is 43.6 Å². The summed E-state index contributed by atoms with van der Waals surface area (Å²) in [5, 5.41) is 4.95. The number of hydrogen-bond donors (Lipinski definition) is 0. The van der Waals surface area contributed by atoms with Crippen molar-refractivity contribution in [3.63, 3.8) is 0 Å². The van der Waals surface area contributed by atoms with E-state index in [1.165, 1.54) is 122 Å². The minimum atomic E-state index is 1.13. The monoisotopic (exact) mass is 940 g/mol. The molecule has 0 amide bonds. The van der Waals surface area contributed by atoms with Crippen LogP contribution in [0.25, 0.3) is 133 Å². The molecule has 74 heavy (non-hydrogen) atoms. The van der Waals surface area contributed by atoms with Gasteiger partial charge in [-0.3, -0.25) is 0 Å². The van der Waals surface area contributed by atoms with Gasteiger partial charge in [0, 0.05) is 32.9 Å². The quantitative estimate of drug-likeness (QED) is 0.136. The van der Waals surface area contributed by atoms with Crippen molar-refractivity contribution < 1.29 is 0 Å². The Morgan fingerprint density at radius 1 is 0.176 bits per heavy atom. The molecule has 346 valence electrons. The highest BCUT2D eigenvalue weighted by atomic mass is 15.0. The highest BCUT2D eigenvalue weighted by Crippen LogP contribution is 2.44. The third kappa shape index (κ3) is 7.52. The first-order chi connectivity index (χ1) is 36.7. The standard InChI is InChI=1S/C72H48N2/c1-5-17-49(18-6-1)52-37-41-62(42-38-52)74-68-44-40-58(48-66(68)72-64(30-16-32-70(72)74)60-26-14-24-56(46-60)51-21-9-3-10-22-51)54-35-33-53(34-36-54)57-39-43-67-65(47-57)71-63(29-15-31-69(71)73(67)61-27-11-4-12-28-61)59-25-13-23-55(45-59)50-19-7-2-8-20-50/h1-48H. The summed E-state index contributed by atoms with van der Waals surface area (Å²) in [5.41, 5.74) is 23.8. The van der Waals surface area contributed by atoms with E-state index in [2.05, 4.69) is 300 Å². The van der Waals surface area contributed by atoms with Crippen molar-refractivity contribution in [2.24, 2.45) is 0 Å². The Bertz CT molecular complexity index is 4360. The molecule has 0 spiro atoms. The highest BCUT2D eigenvalue weighted by molar-refractivity contribution is 6.18. The van der Waals surface area contributed by atoms with E-state index in [0.717, 1.165) is 11.4 Å². The van der Waals surface area contributed by atoms with E-state index in [1.807, 2.05) is 0 Å². The van der Waals surface area contributed by atoms with Crippen molar-refractivity contribution in [2.45, 2.75) is 0 Å². The fourth-order valence-corrected chi connectivity index (χ4v) is 11.4. The van der Waals surface area contributed by atoms with Crippen LogP contribution in [-0.2, 0) is 0 Å². The molecule has 14 rings (SSSR count). The smallest absolute Gasteiger partial charge is 0.0547 e. The maximum atomic E-state index is 2.44. The van der Waals surface area contributed by atoms with E-state index in [9.17, 15) is 0 Å². The zero-order chi connectivity index (χ0) is 49.0. The SMILES string of the molecule is c1ccc(-c2ccc(-n3c4ccc(-c5ccc(-c6ccc7c(c6)c6c(-c8cccc(-c9ccccc9)c8)cccc6n7-c6ccccc6)cc5)cc4c4c(-c5cccc(-c6ccccc6)c5)cccc43)cc2)cc1. The Labute approximate surface area is 431 Å². The van der Waals surface area contributed by atoms with Gasteiger partial charge in [-0.15, -0.1) is 0 Å². The molecule has 0 aliphatic carbocycles. The third-order valence-electron chi connectivity index (χ3n) is 14.9. The van der Waals surface area contributed by atoms with Crippen LogP contribution < -0.4 is 0 Å². The maximum Gasteiger partial charge on any atom is 0.0547 e. The highest BCUT2D eigenvalue weighted by Gasteiger charge is 2.20. The van der Waals surface area contributed by atoms with Gasteiger partial charge >= 0.3 is 0 Å². The lowest BCUT2D eigenvalue weighted by Crippen LogP contribution is -1.94. The molecule has 0 bridgehead atoms. The summed E-state index contributed by atoms with van der Waals surface area (Å²) in [6.07, 6.45) is 0. The minimum Gasteiger partial charge on any atom is -0.309 e. The van der Waals surface area contributed by atoms with Gasteiger partial charge in [0.05, 0.1) is 22.1 Å². The van der Waals surface area contributed by atoms with Gasteiger partial charge in [-0.1, -0.05) is 218 Å². The molecular weight excluding hydrogens is 893 g/mol. The van der Waals surface area contributed by atoms with E-state index < -0.39 is 0 Å². The van der Waals surface area contributed by atoms with Gasteiger partial charge in [0.25, 0.3) is 0 Å². The Morgan fingerprint density at radius 2 is 0.473 bits per heavy atom. The van der Waals surface area contributed by atoms with Crippen LogP contribution in [0.4, 0.5) is 0 Å². The number of fused-ring (bicyclic) bond motifs is 6. The molecule has 0 saturated heterocycles. The summed E-state index contributed by atoms with van der Waals surface area (Å²) < 4.78 is 4.85. The normalized spacial score (nSPS) is 11.5. The van der Waals surface area contributed by atoms with Gasteiger partial charge in [0.2, 0.25) is 0 Å².